The second kappa shape index (κ2) is 23.9. The van der Waals surface area contributed by atoms with Gasteiger partial charge in [-0.25, -0.2) is 9.78 Å². The van der Waals surface area contributed by atoms with Crippen LogP contribution >= 0.6 is 0 Å². The molecular formula is C36H53N5O13. The first kappa shape index (κ1) is 43.7. The van der Waals surface area contributed by atoms with Gasteiger partial charge in [-0.15, -0.1) is 0 Å². The van der Waals surface area contributed by atoms with Crippen molar-refractivity contribution >= 4 is 46.8 Å². The lowest BCUT2D eigenvalue weighted by Gasteiger charge is -2.17. The molecule has 0 radical (unpaired) electrons. The Hall–Kier alpha value is -4.68. The van der Waals surface area contributed by atoms with E-state index in [4.69, 9.17) is 24.7 Å². The molecule has 0 bridgehead atoms. The molecule has 54 heavy (non-hydrogen) atoms. The second-order valence-corrected chi connectivity index (χ2v) is 13.0. The number of fused-ring (bicyclic) bond motifs is 1. The monoisotopic (exact) mass is 763 g/mol. The van der Waals surface area contributed by atoms with Crippen molar-refractivity contribution in [3.05, 3.63) is 28.8 Å². The van der Waals surface area contributed by atoms with E-state index in [1.807, 2.05) is 6.08 Å². The first-order valence-electron chi connectivity index (χ1n) is 18.5. The summed E-state index contributed by atoms with van der Waals surface area (Å²) in [6.07, 6.45) is 10.6. The summed E-state index contributed by atoms with van der Waals surface area (Å²) in [5, 5.41) is 19.3. The fourth-order valence-corrected chi connectivity index (χ4v) is 5.54. The summed E-state index contributed by atoms with van der Waals surface area (Å²) >= 11 is 0. The third-order valence-corrected chi connectivity index (χ3v) is 8.52. The lowest BCUT2D eigenvalue weighted by atomic mass is 10.1. The van der Waals surface area contributed by atoms with E-state index in [1.54, 1.807) is 0 Å². The summed E-state index contributed by atoms with van der Waals surface area (Å²) in [6, 6.07) is 0. The number of ketones is 1. The number of unbranched alkanes of at least 4 members (excludes halogenated alkanes) is 8. The molecule has 3 unspecified atom stereocenters. The number of nitrogen functional groups attached to an aromatic ring is 1. The highest BCUT2D eigenvalue weighted by atomic mass is 16.6. The van der Waals surface area contributed by atoms with Gasteiger partial charge in [0.2, 0.25) is 17.8 Å². The molecule has 5 N–H and O–H groups in total. The molecule has 18 nitrogen and oxygen atoms in total. The number of aliphatic hydroxyl groups is 2. The molecule has 3 heterocycles. The minimum absolute atomic E-state index is 0.0194. The SMILES string of the molecule is CCCCCC[C@H](CC=CCCCCCCCC(=O)OCCOCn1cnc2c(=O)[nH]c(N)nc21)OC(=O)CCC(=O)OCC(O)C1OC(=O)C(O)C1=O. The minimum atomic E-state index is -1.97. The van der Waals surface area contributed by atoms with Crippen molar-refractivity contribution < 1.29 is 57.9 Å². The van der Waals surface area contributed by atoms with Crippen LogP contribution in [0.3, 0.4) is 0 Å². The molecule has 2 aromatic rings. The number of carbonyl (C=O) groups is 5. The number of nitrogens with one attached hydrogen (secondary N) is 1. The number of nitrogens with zero attached hydrogens (tertiary/aromatic N) is 3. The molecule has 0 amide bonds. The van der Waals surface area contributed by atoms with Crippen LogP contribution < -0.4 is 11.3 Å². The van der Waals surface area contributed by atoms with Gasteiger partial charge in [0, 0.05) is 12.8 Å². The third kappa shape index (κ3) is 15.4. The number of H-pyrrole nitrogens is 1. The van der Waals surface area contributed by atoms with Crippen LogP contribution in [0.5, 0.6) is 0 Å². The Morgan fingerprint density at radius 2 is 1.69 bits per heavy atom. The zero-order chi connectivity index (χ0) is 39.3. The van der Waals surface area contributed by atoms with Crippen molar-refractivity contribution in [3.8, 4) is 0 Å². The Morgan fingerprint density at radius 1 is 0.963 bits per heavy atom. The lowest BCUT2D eigenvalue weighted by molar-refractivity contribution is -0.159. The fraction of sp³-hybridized carbons (Fsp3) is 0.667. The largest absolute Gasteiger partial charge is 0.463 e. The summed E-state index contributed by atoms with van der Waals surface area (Å²) in [5.74, 6) is -3.84. The molecule has 0 aromatic carbocycles. The van der Waals surface area contributed by atoms with Gasteiger partial charge in [0.25, 0.3) is 5.56 Å². The Bertz CT molecular complexity index is 1610. The molecule has 3 rings (SSSR count). The molecule has 18 heteroatoms. The highest BCUT2D eigenvalue weighted by molar-refractivity contribution is 6.09. The molecule has 1 fully saturated rings. The maximum atomic E-state index is 12.5. The number of carbonyl (C=O) groups excluding carboxylic acids is 5. The number of hydrogen-bond donors (Lipinski definition) is 4. The van der Waals surface area contributed by atoms with Crippen molar-refractivity contribution in [1.29, 1.82) is 0 Å². The van der Waals surface area contributed by atoms with Crippen molar-refractivity contribution in [1.82, 2.24) is 19.5 Å². The van der Waals surface area contributed by atoms with Crippen molar-refractivity contribution in [2.24, 2.45) is 0 Å². The van der Waals surface area contributed by atoms with Crippen LogP contribution in [-0.2, 0) is 54.4 Å². The van der Waals surface area contributed by atoms with Crippen LogP contribution in [0.15, 0.2) is 23.3 Å². The third-order valence-electron chi connectivity index (χ3n) is 8.52. The number of Topliss-reactive ketones (excluding diaryl/α,β-unsaturated/α-hetero) is 1. The molecular weight excluding hydrogens is 710 g/mol. The number of aromatic amines is 1. The van der Waals surface area contributed by atoms with E-state index in [2.05, 4.69) is 32.7 Å². The number of aromatic nitrogens is 4. The first-order valence-corrected chi connectivity index (χ1v) is 18.5. The topological polar surface area (TPSA) is 262 Å². The summed E-state index contributed by atoms with van der Waals surface area (Å²) in [6.45, 7) is 1.82. The Morgan fingerprint density at radius 3 is 2.44 bits per heavy atom. The first-order chi connectivity index (χ1) is 26.0. The number of rotatable bonds is 27. The number of allylic oxidation sites excluding steroid dienone is 1. The number of cyclic esters (lactones) is 1. The molecule has 300 valence electrons. The van der Waals surface area contributed by atoms with E-state index in [0.717, 1.165) is 64.2 Å². The van der Waals surface area contributed by atoms with Gasteiger partial charge in [-0.05, 0) is 32.1 Å². The summed E-state index contributed by atoms with van der Waals surface area (Å²) in [5.41, 5.74) is 5.61. The average Bonchev–Trinajstić information content (AvgIpc) is 3.67. The van der Waals surface area contributed by atoms with Crippen molar-refractivity contribution in [2.45, 2.75) is 134 Å². The van der Waals surface area contributed by atoms with Gasteiger partial charge in [0.15, 0.2) is 17.3 Å². The van der Waals surface area contributed by atoms with E-state index in [-0.39, 0.29) is 56.3 Å². The van der Waals surface area contributed by atoms with Crippen LogP contribution in [0.2, 0.25) is 0 Å². The zero-order valence-electron chi connectivity index (χ0n) is 30.8. The summed E-state index contributed by atoms with van der Waals surface area (Å²) < 4.78 is 27.4. The Labute approximate surface area is 312 Å². The van der Waals surface area contributed by atoms with Gasteiger partial charge in [0.1, 0.15) is 32.2 Å². The number of imidazole rings is 1. The molecule has 0 aliphatic carbocycles. The van der Waals surface area contributed by atoms with E-state index in [0.29, 0.717) is 24.9 Å². The van der Waals surface area contributed by atoms with Crippen molar-refractivity contribution in [2.75, 3.05) is 25.6 Å². The maximum absolute atomic E-state index is 12.5. The van der Waals surface area contributed by atoms with Gasteiger partial charge in [-0.3, -0.25) is 33.5 Å². The number of anilines is 1. The Balaban J connectivity index is 1.21. The molecule has 0 spiro atoms. The number of hydrogen-bond acceptors (Lipinski definition) is 16. The summed E-state index contributed by atoms with van der Waals surface area (Å²) in [4.78, 5) is 81.9. The number of aliphatic hydroxyl groups excluding tert-OH is 2. The number of nitrogens with two attached hydrogens (primary N) is 1. The van der Waals surface area contributed by atoms with Gasteiger partial charge in [0.05, 0.1) is 25.8 Å². The van der Waals surface area contributed by atoms with E-state index < -0.39 is 54.2 Å². The standard InChI is InChI=1S/C36H53N5O13/c1-2-3-4-11-14-24(53-28(45)18-17-27(44)52-21-25(42)32-30(46)31(47)35(49)54-32)15-12-9-7-5-6-8-10-13-16-26(43)51-20-19-50-23-41-22-38-29-33(41)39-36(37)40-34(29)48/h9,12,22,24-25,31-32,42,47H,2-8,10-11,13-21,23H2,1H3,(H3,37,39,40,48)/t24-,25?,31?,32?/m1/s1. The molecule has 1 saturated heterocycles. The van der Waals surface area contributed by atoms with E-state index in [9.17, 15) is 39.0 Å². The molecule has 2 aromatic heterocycles. The smallest absolute Gasteiger partial charge is 0.343 e. The lowest BCUT2D eigenvalue weighted by Crippen LogP contribution is -2.38. The van der Waals surface area contributed by atoms with Gasteiger partial charge in [-0.2, -0.15) is 4.98 Å². The predicted molar refractivity (Wildman–Crippen MR) is 191 cm³/mol. The molecule has 1 aliphatic heterocycles. The van der Waals surface area contributed by atoms with Gasteiger partial charge >= 0.3 is 23.9 Å². The fourth-order valence-electron chi connectivity index (χ4n) is 5.54. The van der Waals surface area contributed by atoms with Gasteiger partial charge in [-0.1, -0.05) is 57.6 Å². The molecule has 1 aliphatic rings. The van der Waals surface area contributed by atoms with Crippen LogP contribution in [-0.4, -0.2) is 104 Å². The van der Waals surface area contributed by atoms with Crippen LogP contribution in [0.4, 0.5) is 5.95 Å². The van der Waals surface area contributed by atoms with Crippen molar-refractivity contribution in [3.63, 3.8) is 0 Å². The van der Waals surface area contributed by atoms with Crippen LogP contribution in [0.25, 0.3) is 11.2 Å². The maximum Gasteiger partial charge on any atom is 0.343 e. The van der Waals surface area contributed by atoms with E-state index >= 15 is 0 Å². The highest BCUT2D eigenvalue weighted by Gasteiger charge is 2.46. The highest BCUT2D eigenvalue weighted by Crippen LogP contribution is 2.17. The quantitative estimate of drug-likeness (QED) is 0.0334. The summed E-state index contributed by atoms with van der Waals surface area (Å²) in [7, 11) is 0. The number of esters is 4. The number of ether oxygens (including phenoxy) is 5. The molecule has 0 saturated carbocycles. The van der Waals surface area contributed by atoms with Crippen LogP contribution in [0.1, 0.15) is 103 Å². The average molecular weight is 764 g/mol. The van der Waals surface area contributed by atoms with E-state index in [1.165, 1.54) is 10.9 Å². The minimum Gasteiger partial charge on any atom is -0.463 e. The zero-order valence-corrected chi connectivity index (χ0v) is 30.8. The Kier molecular flexibility index (Phi) is 19.3. The second-order valence-electron chi connectivity index (χ2n) is 13.0. The normalized spacial score (nSPS) is 16.8. The van der Waals surface area contributed by atoms with Gasteiger partial charge < -0.3 is 39.6 Å². The predicted octanol–water partition coefficient (Wildman–Crippen LogP) is 2.32. The molecule has 4 atom stereocenters. The van der Waals surface area contributed by atoms with Crippen LogP contribution in [0, 0.1) is 0 Å².